The summed E-state index contributed by atoms with van der Waals surface area (Å²) in [4.78, 5) is 0. The second-order valence-corrected chi connectivity index (χ2v) is 2.73. The van der Waals surface area contributed by atoms with Crippen molar-refractivity contribution in [2.75, 3.05) is 19.7 Å². The quantitative estimate of drug-likeness (QED) is 0.479. The second kappa shape index (κ2) is 3.00. The molecule has 3 nitrogen and oxygen atoms in total. The Bertz CT molecular complexity index is 143. The van der Waals surface area contributed by atoms with Crippen molar-refractivity contribution >= 4 is 0 Å². The van der Waals surface area contributed by atoms with Crippen molar-refractivity contribution in [1.29, 1.82) is 0 Å². The van der Waals surface area contributed by atoms with Crippen LogP contribution in [0.5, 0.6) is 0 Å². The summed E-state index contributed by atoms with van der Waals surface area (Å²) in [5, 5.41) is 19.9. The Morgan fingerprint density at radius 2 is 2.09 bits per heavy atom. The molecule has 1 aliphatic heterocycles. The highest BCUT2D eigenvalue weighted by molar-refractivity contribution is 4.90. The van der Waals surface area contributed by atoms with E-state index in [1.165, 1.54) is 0 Å². The first kappa shape index (κ1) is 8.83. The van der Waals surface area contributed by atoms with Crippen molar-refractivity contribution < 1.29 is 19.0 Å². The molecule has 5 heteroatoms. The van der Waals surface area contributed by atoms with Crippen LogP contribution >= 0.6 is 0 Å². The molecule has 1 fully saturated rings. The maximum atomic E-state index is 12.8. The summed E-state index contributed by atoms with van der Waals surface area (Å²) in [6.45, 7) is -0.652. The van der Waals surface area contributed by atoms with Gasteiger partial charge in [-0.05, 0) is 0 Å². The van der Waals surface area contributed by atoms with Gasteiger partial charge in [0.1, 0.15) is 6.10 Å². The minimum absolute atomic E-state index is 0.0561. The first-order valence-corrected chi connectivity index (χ1v) is 3.46. The molecular weight excluding hydrogens is 156 g/mol. The summed E-state index contributed by atoms with van der Waals surface area (Å²) < 4.78 is 25.6. The largest absolute Gasteiger partial charge is 0.396 e. The number of piperidine rings is 1. The third-order valence-corrected chi connectivity index (χ3v) is 1.94. The molecule has 0 aliphatic carbocycles. The summed E-state index contributed by atoms with van der Waals surface area (Å²) in [5.41, 5.74) is 0. The molecule has 1 saturated heterocycles. The molecule has 3 N–H and O–H groups in total. The molecule has 0 aromatic carbocycles. The Labute approximate surface area is 63.0 Å². The molecule has 0 bridgehead atoms. The maximum Gasteiger partial charge on any atom is 0.280 e. The fourth-order valence-electron chi connectivity index (χ4n) is 1.12. The average Bonchev–Trinajstić information content (AvgIpc) is 1.95. The molecule has 0 amide bonds. The lowest BCUT2D eigenvalue weighted by molar-refractivity contribution is -0.168. The second-order valence-electron chi connectivity index (χ2n) is 2.73. The van der Waals surface area contributed by atoms with E-state index in [0.29, 0.717) is 0 Å². The van der Waals surface area contributed by atoms with E-state index in [9.17, 15) is 8.78 Å². The number of β-amino-alcohol motifs (C(OH)–C–C–N with tert-alkyl or cyclic N) is 1. The Hall–Kier alpha value is -0.260. The summed E-state index contributed by atoms with van der Waals surface area (Å²) in [5.74, 6) is -4.31. The lowest BCUT2D eigenvalue weighted by Gasteiger charge is -2.34. The zero-order valence-corrected chi connectivity index (χ0v) is 5.93. The predicted molar refractivity (Wildman–Crippen MR) is 34.4 cm³/mol. The van der Waals surface area contributed by atoms with Gasteiger partial charge >= 0.3 is 0 Å². The van der Waals surface area contributed by atoms with Gasteiger partial charge in [-0.1, -0.05) is 0 Å². The highest BCUT2D eigenvalue weighted by atomic mass is 19.3. The summed E-state index contributed by atoms with van der Waals surface area (Å²) >= 11 is 0. The van der Waals surface area contributed by atoms with Gasteiger partial charge in [0.25, 0.3) is 5.92 Å². The van der Waals surface area contributed by atoms with Gasteiger partial charge in [0.2, 0.25) is 0 Å². The van der Waals surface area contributed by atoms with Gasteiger partial charge in [0, 0.05) is 13.1 Å². The molecule has 0 radical (unpaired) electrons. The van der Waals surface area contributed by atoms with Gasteiger partial charge in [-0.15, -0.1) is 0 Å². The van der Waals surface area contributed by atoms with Crippen molar-refractivity contribution in [3.05, 3.63) is 0 Å². The van der Waals surface area contributed by atoms with E-state index in [4.69, 9.17) is 10.2 Å². The highest BCUT2D eigenvalue weighted by Crippen LogP contribution is 2.30. The zero-order valence-electron chi connectivity index (χ0n) is 5.93. The number of aliphatic hydroxyl groups excluding tert-OH is 2. The predicted octanol–water partition coefficient (Wildman–Crippen LogP) is -0.806. The zero-order chi connectivity index (χ0) is 8.48. The van der Waals surface area contributed by atoms with E-state index in [1.807, 2.05) is 0 Å². The van der Waals surface area contributed by atoms with E-state index in [2.05, 4.69) is 5.32 Å². The van der Waals surface area contributed by atoms with Crippen LogP contribution in [0.25, 0.3) is 0 Å². The van der Waals surface area contributed by atoms with E-state index >= 15 is 0 Å². The van der Waals surface area contributed by atoms with Gasteiger partial charge in [0.05, 0.1) is 12.5 Å². The molecule has 0 saturated carbocycles. The topological polar surface area (TPSA) is 52.5 Å². The van der Waals surface area contributed by atoms with E-state index in [-0.39, 0.29) is 13.1 Å². The number of hydrogen-bond donors (Lipinski definition) is 3. The third-order valence-electron chi connectivity index (χ3n) is 1.94. The third kappa shape index (κ3) is 1.50. The van der Waals surface area contributed by atoms with Crippen LogP contribution in [-0.2, 0) is 0 Å². The molecule has 11 heavy (non-hydrogen) atoms. The van der Waals surface area contributed by atoms with Gasteiger partial charge in [0.15, 0.2) is 0 Å². The van der Waals surface area contributed by atoms with E-state index in [0.717, 1.165) is 0 Å². The van der Waals surface area contributed by atoms with Crippen molar-refractivity contribution in [3.63, 3.8) is 0 Å². The molecule has 0 aromatic rings. The number of alkyl halides is 2. The Kier molecular flexibility index (Phi) is 2.41. The summed E-state index contributed by atoms with van der Waals surface area (Å²) in [7, 11) is 0. The number of rotatable bonds is 1. The van der Waals surface area contributed by atoms with Crippen LogP contribution in [0, 0.1) is 5.92 Å². The molecule has 2 atom stereocenters. The first-order chi connectivity index (χ1) is 5.09. The Morgan fingerprint density at radius 3 is 2.55 bits per heavy atom. The minimum atomic E-state index is -3.15. The molecule has 0 unspecified atom stereocenters. The lowest BCUT2D eigenvalue weighted by Crippen LogP contribution is -2.56. The van der Waals surface area contributed by atoms with Gasteiger partial charge in [-0.25, -0.2) is 8.78 Å². The van der Waals surface area contributed by atoms with Gasteiger partial charge in [-0.3, -0.25) is 0 Å². The van der Waals surface area contributed by atoms with Crippen LogP contribution in [0.3, 0.4) is 0 Å². The number of aliphatic hydroxyl groups is 2. The lowest BCUT2D eigenvalue weighted by atomic mass is 9.94. The molecular formula is C6H11F2NO2. The van der Waals surface area contributed by atoms with Crippen LogP contribution in [0.1, 0.15) is 0 Å². The maximum absolute atomic E-state index is 12.8. The monoisotopic (exact) mass is 167 g/mol. The first-order valence-electron chi connectivity index (χ1n) is 3.46. The molecule has 0 aromatic heterocycles. The van der Waals surface area contributed by atoms with E-state index < -0.39 is 24.6 Å². The summed E-state index contributed by atoms with van der Waals surface area (Å²) in [6, 6.07) is 0. The van der Waals surface area contributed by atoms with Crippen LogP contribution in [0.15, 0.2) is 0 Å². The van der Waals surface area contributed by atoms with Crippen molar-refractivity contribution in [3.8, 4) is 0 Å². The number of nitrogens with one attached hydrogen (secondary N) is 1. The van der Waals surface area contributed by atoms with Crippen molar-refractivity contribution in [1.82, 2.24) is 5.32 Å². The Morgan fingerprint density at radius 1 is 1.45 bits per heavy atom. The van der Waals surface area contributed by atoms with Crippen LogP contribution in [0.2, 0.25) is 0 Å². The number of hydrogen-bond acceptors (Lipinski definition) is 3. The smallest absolute Gasteiger partial charge is 0.280 e. The molecule has 1 rings (SSSR count). The van der Waals surface area contributed by atoms with Gasteiger partial charge in [-0.2, -0.15) is 0 Å². The van der Waals surface area contributed by atoms with Crippen LogP contribution < -0.4 is 5.32 Å². The minimum Gasteiger partial charge on any atom is -0.396 e. The van der Waals surface area contributed by atoms with Crippen molar-refractivity contribution in [2.24, 2.45) is 5.92 Å². The van der Waals surface area contributed by atoms with Gasteiger partial charge < -0.3 is 15.5 Å². The van der Waals surface area contributed by atoms with E-state index in [1.54, 1.807) is 0 Å². The van der Waals surface area contributed by atoms with Crippen molar-refractivity contribution in [2.45, 2.75) is 12.0 Å². The fourth-order valence-corrected chi connectivity index (χ4v) is 1.12. The summed E-state index contributed by atoms with van der Waals surface area (Å²) in [6.07, 6.45) is -1.67. The average molecular weight is 167 g/mol. The van der Waals surface area contributed by atoms with Crippen LogP contribution in [0.4, 0.5) is 8.78 Å². The normalized spacial score (nSPS) is 37.1. The molecule has 0 spiro atoms. The molecule has 1 heterocycles. The molecule has 1 aliphatic rings. The standard InChI is InChI=1S/C6H11F2NO2/c7-6(8)4(3-10)1-9-2-5(6)11/h4-5,9-11H,1-3H2/t4-,5+/m0/s1. The number of halogens is 2. The fraction of sp³-hybridized carbons (Fsp3) is 1.00. The Balaban J connectivity index is 2.64. The molecule has 66 valence electrons. The SMILES string of the molecule is OC[C@@H]1CNC[C@@H](O)C1(F)F. The van der Waals surface area contributed by atoms with Crippen LogP contribution in [-0.4, -0.2) is 41.9 Å². The highest BCUT2D eigenvalue weighted by Gasteiger charge is 2.48.